The van der Waals surface area contributed by atoms with Crippen LogP contribution >= 0.6 is 0 Å². The van der Waals surface area contributed by atoms with E-state index in [0.29, 0.717) is 5.92 Å². The van der Waals surface area contributed by atoms with Gasteiger partial charge in [-0.3, -0.25) is 9.89 Å². The van der Waals surface area contributed by atoms with Gasteiger partial charge in [0.25, 0.3) is 5.91 Å². The van der Waals surface area contributed by atoms with Crippen molar-refractivity contribution in [2.75, 3.05) is 0 Å². The summed E-state index contributed by atoms with van der Waals surface area (Å²) in [6.45, 7) is 1.75. The Morgan fingerprint density at radius 3 is 2.65 bits per heavy atom. The van der Waals surface area contributed by atoms with Crippen LogP contribution in [0.5, 0.6) is 0 Å². The molecule has 1 heterocycles. The third kappa shape index (κ3) is 3.41. The lowest BCUT2D eigenvalue weighted by molar-refractivity contribution is -0.141. The number of nitrogens with one attached hydrogen (secondary N) is 1. The number of rotatable bonds is 6. The van der Waals surface area contributed by atoms with Crippen LogP contribution in [0.1, 0.15) is 47.4 Å². The minimum absolute atomic E-state index is 0.235. The number of nitrogens with zero attached hydrogens (tertiary/aromatic N) is 2. The summed E-state index contributed by atoms with van der Waals surface area (Å²) in [7, 11) is 0. The second-order valence-corrected chi connectivity index (χ2v) is 5.92. The molecule has 1 aromatic heterocycles. The number of amides is 1. The van der Waals surface area contributed by atoms with E-state index in [1.165, 1.54) is 11.8 Å². The number of H-pyrrole nitrogens is 1. The lowest BCUT2D eigenvalue weighted by atomic mass is 10.1. The maximum atomic E-state index is 12.7. The van der Waals surface area contributed by atoms with Crippen LogP contribution < -0.4 is 0 Å². The summed E-state index contributed by atoms with van der Waals surface area (Å²) in [4.78, 5) is 25.4. The maximum absolute atomic E-state index is 12.7. The highest BCUT2D eigenvalue weighted by atomic mass is 16.4. The van der Waals surface area contributed by atoms with Crippen molar-refractivity contribution in [3.8, 4) is 0 Å². The molecule has 1 unspecified atom stereocenters. The molecule has 1 fully saturated rings. The third-order valence-corrected chi connectivity index (χ3v) is 4.12. The molecule has 1 amide bonds. The molecule has 1 aromatic carbocycles. The topological polar surface area (TPSA) is 86.3 Å². The van der Waals surface area contributed by atoms with Crippen molar-refractivity contribution < 1.29 is 14.7 Å². The molecule has 23 heavy (non-hydrogen) atoms. The van der Waals surface area contributed by atoms with Crippen LogP contribution in [-0.2, 0) is 11.3 Å². The molecular formula is C17H19N3O3. The summed E-state index contributed by atoms with van der Waals surface area (Å²) < 4.78 is 0. The van der Waals surface area contributed by atoms with E-state index in [4.69, 9.17) is 0 Å². The number of aromatic nitrogens is 2. The molecule has 0 aliphatic heterocycles. The van der Waals surface area contributed by atoms with Gasteiger partial charge in [-0.05, 0) is 31.4 Å². The minimum atomic E-state index is -1.03. The molecular weight excluding hydrogens is 294 g/mol. The van der Waals surface area contributed by atoms with Crippen molar-refractivity contribution in [3.05, 3.63) is 53.3 Å². The van der Waals surface area contributed by atoms with Gasteiger partial charge >= 0.3 is 5.97 Å². The van der Waals surface area contributed by atoms with Gasteiger partial charge in [-0.1, -0.05) is 30.3 Å². The Hall–Kier alpha value is -2.63. The SMILES string of the molecule is CC(C(=O)O)N(Cc1ccccc1)C(=O)c1cc(C2CC2)[nH]n1. The van der Waals surface area contributed by atoms with Gasteiger partial charge in [0.05, 0.1) is 0 Å². The first-order valence-electron chi connectivity index (χ1n) is 7.69. The predicted molar refractivity (Wildman–Crippen MR) is 84.0 cm³/mol. The predicted octanol–water partition coefficient (Wildman–Crippen LogP) is 2.40. The average Bonchev–Trinajstić information content (AvgIpc) is 3.29. The molecule has 120 valence electrons. The standard InChI is InChI=1S/C17H19N3O3/c1-11(17(22)23)20(10-12-5-3-2-4-6-12)16(21)15-9-14(18-19-15)13-7-8-13/h2-6,9,11,13H,7-8,10H2,1H3,(H,18,19)(H,22,23). The maximum Gasteiger partial charge on any atom is 0.326 e. The normalized spacial score (nSPS) is 15.2. The van der Waals surface area contributed by atoms with Crippen LogP contribution in [0.3, 0.4) is 0 Å². The van der Waals surface area contributed by atoms with Gasteiger partial charge in [0.1, 0.15) is 11.7 Å². The molecule has 3 rings (SSSR count). The molecule has 0 bridgehead atoms. The van der Waals surface area contributed by atoms with Gasteiger partial charge in [-0.15, -0.1) is 0 Å². The van der Waals surface area contributed by atoms with Crippen molar-refractivity contribution in [3.63, 3.8) is 0 Å². The molecule has 6 heteroatoms. The lowest BCUT2D eigenvalue weighted by Gasteiger charge is -2.25. The smallest absolute Gasteiger partial charge is 0.326 e. The molecule has 2 aromatic rings. The average molecular weight is 313 g/mol. The monoisotopic (exact) mass is 313 g/mol. The van der Waals surface area contributed by atoms with Crippen molar-refractivity contribution in [1.29, 1.82) is 0 Å². The fraction of sp³-hybridized carbons (Fsp3) is 0.353. The molecule has 1 atom stereocenters. The zero-order chi connectivity index (χ0) is 16.4. The van der Waals surface area contributed by atoms with E-state index in [1.807, 2.05) is 30.3 Å². The van der Waals surface area contributed by atoms with E-state index in [9.17, 15) is 14.7 Å². The van der Waals surface area contributed by atoms with E-state index < -0.39 is 12.0 Å². The molecule has 6 nitrogen and oxygen atoms in total. The molecule has 1 aliphatic carbocycles. The Bertz CT molecular complexity index is 707. The van der Waals surface area contributed by atoms with Gasteiger partial charge in [0.15, 0.2) is 0 Å². The third-order valence-electron chi connectivity index (χ3n) is 4.12. The number of aromatic amines is 1. The zero-order valence-corrected chi connectivity index (χ0v) is 12.9. The zero-order valence-electron chi connectivity index (χ0n) is 12.9. The van der Waals surface area contributed by atoms with E-state index in [2.05, 4.69) is 10.2 Å². The number of carbonyl (C=O) groups excluding carboxylic acids is 1. The molecule has 0 spiro atoms. The van der Waals surface area contributed by atoms with Crippen LogP contribution in [0.2, 0.25) is 0 Å². The Labute approximate surface area is 134 Å². The van der Waals surface area contributed by atoms with Crippen LogP contribution in [0.4, 0.5) is 0 Å². The fourth-order valence-corrected chi connectivity index (χ4v) is 2.49. The summed E-state index contributed by atoms with van der Waals surface area (Å²) in [6, 6.07) is 10.2. The first-order valence-corrected chi connectivity index (χ1v) is 7.69. The first-order chi connectivity index (χ1) is 11.1. The van der Waals surface area contributed by atoms with Crippen LogP contribution in [-0.4, -0.2) is 38.1 Å². The van der Waals surface area contributed by atoms with Crippen molar-refractivity contribution in [2.24, 2.45) is 0 Å². The number of carbonyl (C=O) groups is 2. The summed E-state index contributed by atoms with van der Waals surface area (Å²) in [5, 5.41) is 16.3. The number of carboxylic acid groups (broad SMARTS) is 1. The van der Waals surface area contributed by atoms with Crippen molar-refractivity contribution in [2.45, 2.75) is 38.3 Å². The number of carboxylic acids is 1. The second-order valence-electron chi connectivity index (χ2n) is 5.92. The largest absolute Gasteiger partial charge is 0.480 e. The molecule has 2 N–H and O–H groups in total. The highest BCUT2D eigenvalue weighted by molar-refractivity contribution is 5.95. The Balaban J connectivity index is 1.83. The molecule has 0 saturated heterocycles. The van der Waals surface area contributed by atoms with Crippen LogP contribution in [0, 0.1) is 0 Å². The highest BCUT2D eigenvalue weighted by Gasteiger charge is 2.30. The van der Waals surface area contributed by atoms with Gasteiger partial charge < -0.3 is 10.0 Å². The Kier molecular flexibility index (Phi) is 4.14. The van der Waals surface area contributed by atoms with Gasteiger partial charge in [0.2, 0.25) is 0 Å². The number of benzene rings is 1. The highest BCUT2D eigenvalue weighted by Crippen LogP contribution is 2.39. The van der Waals surface area contributed by atoms with Gasteiger partial charge in [-0.2, -0.15) is 5.10 Å². The fourth-order valence-electron chi connectivity index (χ4n) is 2.49. The van der Waals surface area contributed by atoms with E-state index in [-0.39, 0.29) is 18.1 Å². The summed E-state index contributed by atoms with van der Waals surface area (Å²) in [5.41, 5.74) is 2.11. The Morgan fingerprint density at radius 2 is 2.04 bits per heavy atom. The van der Waals surface area contributed by atoms with E-state index in [1.54, 1.807) is 6.07 Å². The molecule has 0 radical (unpaired) electrons. The second kappa shape index (κ2) is 6.24. The summed E-state index contributed by atoms with van der Waals surface area (Å²) in [5.74, 6) is -0.942. The number of aliphatic carboxylic acids is 1. The van der Waals surface area contributed by atoms with Gasteiger partial charge in [0, 0.05) is 18.2 Å². The summed E-state index contributed by atoms with van der Waals surface area (Å²) in [6.07, 6.45) is 2.21. The van der Waals surface area contributed by atoms with Crippen LogP contribution in [0.15, 0.2) is 36.4 Å². The number of hydrogen-bond donors (Lipinski definition) is 2. The van der Waals surface area contributed by atoms with E-state index >= 15 is 0 Å². The van der Waals surface area contributed by atoms with Crippen molar-refractivity contribution in [1.82, 2.24) is 15.1 Å². The first kappa shape index (κ1) is 15.3. The van der Waals surface area contributed by atoms with Crippen molar-refractivity contribution >= 4 is 11.9 Å². The number of hydrogen-bond acceptors (Lipinski definition) is 3. The quantitative estimate of drug-likeness (QED) is 0.857. The van der Waals surface area contributed by atoms with Gasteiger partial charge in [-0.25, -0.2) is 4.79 Å². The Morgan fingerprint density at radius 1 is 1.35 bits per heavy atom. The molecule has 1 saturated carbocycles. The lowest BCUT2D eigenvalue weighted by Crippen LogP contribution is -2.42. The minimum Gasteiger partial charge on any atom is -0.480 e. The molecule has 1 aliphatic rings. The van der Waals surface area contributed by atoms with Crippen LogP contribution in [0.25, 0.3) is 0 Å². The van der Waals surface area contributed by atoms with E-state index in [0.717, 1.165) is 24.1 Å². The summed E-state index contributed by atoms with van der Waals surface area (Å²) >= 11 is 0.